The summed E-state index contributed by atoms with van der Waals surface area (Å²) in [5, 5.41) is 4.04. The predicted octanol–water partition coefficient (Wildman–Crippen LogP) is 2.63. The molecule has 0 radical (unpaired) electrons. The third-order valence-electron chi connectivity index (χ3n) is 4.50. The number of carbonyl (C=O) groups is 1. The monoisotopic (exact) mass is 308 g/mol. The van der Waals surface area contributed by atoms with Gasteiger partial charge < -0.3 is 16.0 Å². The van der Waals surface area contributed by atoms with E-state index in [0.717, 1.165) is 31.1 Å². The third-order valence-corrected chi connectivity index (χ3v) is 5.63. The fourth-order valence-corrected chi connectivity index (χ4v) is 4.28. The van der Waals surface area contributed by atoms with Crippen LogP contribution in [0.25, 0.3) is 0 Å². The Bertz CT molecular complexity index is 510. The Morgan fingerprint density at radius 2 is 2.10 bits per heavy atom. The SMILES string of the molecule is CC1CCCC(NC(=O)c2sc(N3CCCC3)nc2N)C1. The number of nitrogens with one attached hydrogen (secondary N) is 1. The fourth-order valence-electron chi connectivity index (χ4n) is 3.34. The first-order chi connectivity index (χ1) is 10.1. The van der Waals surface area contributed by atoms with Crippen molar-refractivity contribution in [1.82, 2.24) is 10.3 Å². The summed E-state index contributed by atoms with van der Waals surface area (Å²) in [6, 6.07) is 0.290. The lowest BCUT2D eigenvalue weighted by Gasteiger charge is -2.27. The van der Waals surface area contributed by atoms with E-state index < -0.39 is 0 Å². The molecule has 2 unspecified atom stereocenters. The number of carbonyl (C=O) groups excluding carboxylic acids is 1. The summed E-state index contributed by atoms with van der Waals surface area (Å²) < 4.78 is 0. The van der Waals surface area contributed by atoms with Gasteiger partial charge in [0.25, 0.3) is 5.91 Å². The van der Waals surface area contributed by atoms with Gasteiger partial charge in [0, 0.05) is 19.1 Å². The van der Waals surface area contributed by atoms with Gasteiger partial charge in [-0.25, -0.2) is 4.98 Å². The second-order valence-electron chi connectivity index (χ2n) is 6.35. The van der Waals surface area contributed by atoms with Crippen LogP contribution in [0.1, 0.15) is 55.1 Å². The molecule has 0 spiro atoms. The molecule has 1 aliphatic heterocycles. The molecule has 2 heterocycles. The molecule has 1 saturated heterocycles. The van der Waals surface area contributed by atoms with E-state index in [1.165, 1.54) is 37.0 Å². The minimum absolute atomic E-state index is 0.0467. The van der Waals surface area contributed by atoms with Crippen LogP contribution in [-0.4, -0.2) is 30.0 Å². The molecule has 0 bridgehead atoms. The Hall–Kier alpha value is -1.30. The molecular formula is C15H24N4OS. The molecule has 2 atom stereocenters. The number of amides is 1. The fraction of sp³-hybridized carbons (Fsp3) is 0.733. The highest BCUT2D eigenvalue weighted by Gasteiger charge is 2.25. The summed E-state index contributed by atoms with van der Waals surface area (Å²) in [7, 11) is 0. The summed E-state index contributed by atoms with van der Waals surface area (Å²) in [4.78, 5) is 19.6. The lowest BCUT2D eigenvalue weighted by molar-refractivity contribution is 0.0926. The van der Waals surface area contributed by atoms with Crippen molar-refractivity contribution in [3.63, 3.8) is 0 Å². The Morgan fingerprint density at radius 1 is 1.33 bits per heavy atom. The molecular weight excluding hydrogens is 284 g/mol. The van der Waals surface area contributed by atoms with E-state index in [2.05, 4.69) is 22.1 Å². The number of hydrogen-bond acceptors (Lipinski definition) is 5. The highest BCUT2D eigenvalue weighted by molar-refractivity contribution is 7.18. The zero-order valence-corrected chi connectivity index (χ0v) is 13.4. The number of thiazole rings is 1. The van der Waals surface area contributed by atoms with Gasteiger partial charge in [0.2, 0.25) is 0 Å². The van der Waals surface area contributed by atoms with Crippen molar-refractivity contribution in [2.45, 2.75) is 51.5 Å². The standard InChI is InChI=1S/C15H24N4OS/c1-10-5-4-6-11(9-10)17-14(20)12-13(16)18-15(21-12)19-7-2-3-8-19/h10-11H,2-9,16H2,1H3,(H,17,20). The Labute approximate surface area is 129 Å². The van der Waals surface area contributed by atoms with Gasteiger partial charge in [0.05, 0.1) is 0 Å². The van der Waals surface area contributed by atoms with Crippen molar-refractivity contribution in [3.05, 3.63) is 4.88 Å². The topological polar surface area (TPSA) is 71.2 Å². The molecule has 3 N–H and O–H groups in total. The predicted molar refractivity (Wildman–Crippen MR) is 86.9 cm³/mol. The van der Waals surface area contributed by atoms with Crippen LogP contribution in [0.3, 0.4) is 0 Å². The van der Waals surface area contributed by atoms with Gasteiger partial charge in [-0.15, -0.1) is 0 Å². The Morgan fingerprint density at radius 3 is 2.81 bits per heavy atom. The van der Waals surface area contributed by atoms with E-state index in [-0.39, 0.29) is 11.9 Å². The van der Waals surface area contributed by atoms with Crippen LogP contribution >= 0.6 is 11.3 Å². The molecule has 2 aliphatic rings. The quantitative estimate of drug-likeness (QED) is 0.900. The molecule has 3 rings (SSSR count). The molecule has 1 aromatic heterocycles. The van der Waals surface area contributed by atoms with Crippen molar-refractivity contribution in [2.24, 2.45) is 5.92 Å². The first-order valence-electron chi connectivity index (χ1n) is 7.95. The first kappa shape index (κ1) is 14.6. The molecule has 1 saturated carbocycles. The number of rotatable bonds is 3. The summed E-state index contributed by atoms with van der Waals surface area (Å²) in [6.45, 7) is 4.30. The van der Waals surface area contributed by atoms with Crippen molar-refractivity contribution in [3.8, 4) is 0 Å². The zero-order valence-electron chi connectivity index (χ0n) is 12.6. The maximum atomic E-state index is 12.4. The molecule has 116 valence electrons. The van der Waals surface area contributed by atoms with Crippen LogP contribution < -0.4 is 16.0 Å². The molecule has 1 aromatic rings. The van der Waals surface area contributed by atoms with Crippen molar-refractivity contribution < 1.29 is 4.79 Å². The van der Waals surface area contributed by atoms with Crippen LogP contribution in [-0.2, 0) is 0 Å². The molecule has 21 heavy (non-hydrogen) atoms. The minimum Gasteiger partial charge on any atom is -0.382 e. The maximum Gasteiger partial charge on any atom is 0.265 e. The zero-order chi connectivity index (χ0) is 14.8. The largest absolute Gasteiger partial charge is 0.382 e. The van der Waals surface area contributed by atoms with Crippen LogP contribution in [0.4, 0.5) is 10.9 Å². The second kappa shape index (κ2) is 6.22. The van der Waals surface area contributed by atoms with Gasteiger partial charge in [-0.1, -0.05) is 31.1 Å². The van der Waals surface area contributed by atoms with Gasteiger partial charge >= 0.3 is 0 Å². The van der Waals surface area contributed by atoms with Crippen LogP contribution in [0.5, 0.6) is 0 Å². The van der Waals surface area contributed by atoms with Gasteiger partial charge in [0.1, 0.15) is 10.7 Å². The maximum absolute atomic E-state index is 12.4. The van der Waals surface area contributed by atoms with Crippen molar-refractivity contribution in [1.29, 1.82) is 0 Å². The van der Waals surface area contributed by atoms with E-state index in [1.54, 1.807) is 0 Å². The average Bonchev–Trinajstić information content (AvgIpc) is 3.07. The highest BCUT2D eigenvalue weighted by atomic mass is 32.1. The number of nitrogen functional groups attached to an aromatic ring is 1. The number of anilines is 2. The van der Waals surface area contributed by atoms with Crippen molar-refractivity contribution in [2.75, 3.05) is 23.7 Å². The van der Waals surface area contributed by atoms with E-state index in [9.17, 15) is 4.79 Å². The molecule has 0 aromatic carbocycles. The van der Waals surface area contributed by atoms with E-state index in [0.29, 0.717) is 16.6 Å². The normalized spacial score (nSPS) is 26.0. The lowest BCUT2D eigenvalue weighted by atomic mass is 9.87. The summed E-state index contributed by atoms with van der Waals surface area (Å²) in [6.07, 6.45) is 7.01. The summed E-state index contributed by atoms with van der Waals surface area (Å²) >= 11 is 1.43. The highest BCUT2D eigenvalue weighted by Crippen LogP contribution is 2.31. The average molecular weight is 308 g/mol. The van der Waals surface area contributed by atoms with E-state index in [4.69, 9.17) is 5.73 Å². The molecule has 1 amide bonds. The molecule has 5 nitrogen and oxygen atoms in total. The van der Waals surface area contributed by atoms with Crippen molar-refractivity contribution >= 4 is 28.2 Å². The van der Waals surface area contributed by atoms with Crippen LogP contribution in [0.15, 0.2) is 0 Å². The Kier molecular flexibility index (Phi) is 4.33. The number of nitrogens with zero attached hydrogens (tertiary/aromatic N) is 2. The van der Waals surface area contributed by atoms with E-state index in [1.807, 2.05) is 0 Å². The van der Waals surface area contributed by atoms with Crippen LogP contribution in [0.2, 0.25) is 0 Å². The van der Waals surface area contributed by atoms with Crippen LogP contribution in [0, 0.1) is 5.92 Å². The number of aromatic nitrogens is 1. The minimum atomic E-state index is -0.0467. The van der Waals surface area contributed by atoms with Gasteiger partial charge in [-0.2, -0.15) is 0 Å². The molecule has 6 heteroatoms. The van der Waals surface area contributed by atoms with E-state index >= 15 is 0 Å². The second-order valence-corrected chi connectivity index (χ2v) is 7.32. The Balaban J connectivity index is 1.66. The summed E-state index contributed by atoms with van der Waals surface area (Å²) in [5.74, 6) is 1.03. The lowest BCUT2D eigenvalue weighted by Crippen LogP contribution is -2.37. The van der Waals surface area contributed by atoms with Gasteiger partial charge in [-0.05, 0) is 31.6 Å². The van der Waals surface area contributed by atoms with Gasteiger partial charge in [0.15, 0.2) is 5.13 Å². The summed E-state index contributed by atoms with van der Waals surface area (Å²) in [5.41, 5.74) is 5.95. The van der Waals surface area contributed by atoms with Gasteiger partial charge in [-0.3, -0.25) is 4.79 Å². The smallest absolute Gasteiger partial charge is 0.265 e. The molecule has 1 aliphatic carbocycles. The third kappa shape index (κ3) is 3.31. The number of hydrogen-bond donors (Lipinski definition) is 2. The molecule has 2 fully saturated rings. The number of nitrogens with two attached hydrogens (primary N) is 1. The first-order valence-corrected chi connectivity index (χ1v) is 8.77.